The highest BCUT2D eigenvalue weighted by molar-refractivity contribution is 7.99. The van der Waals surface area contributed by atoms with E-state index in [1.54, 1.807) is 0 Å². The molecule has 0 amide bonds. The summed E-state index contributed by atoms with van der Waals surface area (Å²) < 4.78 is 5.91. The number of guanidine groups is 1. The van der Waals surface area contributed by atoms with E-state index < -0.39 is 0 Å². The van der Waals surface area contributed by atoms with Crippen LogP contribution in [0.1, 0.15) is 26.7 Å². The van der Waals surface area contributed by atoms with Crippen molar-refractivity contribution in [3.8, 4) is 0 Å². The highest BCUT2D eigenvalue weighted by Crippen LogP contribution is 2.30. The lowest BCUT2D eigenvalue weighted by molar-refractivity contribution is -0.0158. The van der Waals surface area contributed by atoms with Crippen molar-refractivity contribution in [3.05, 3.63) is 0 Å². The van der Waals surface area contributed by atoms with Crippen molar-refractivity contribution < 1.29 is 4.74 Å². The molecule has 1 heterocycles. The molecule has 0 bridgehead atoms. The van der Waals surface area contributed by atoms with E-state index in [1.807, 2.05) is 11.8 Å². The lowest BCUT2D eigenvalue weighted by Gasteiger charge is -2.29. The van der Waals surface area contributed by atoms with Gasteiger partial charge in [0.25, 0.3) is 0 Å². The van der Waals surface area contributed by atoms with E-state index >= 15 is 0 Å². The van der Waals surface area contributed by atoms with Gasteiger partial charge < -0.3 is 15.4 Å². The molecule has 5 heteroatoms. The minimum absolute atomic E-state index is 0.197. The molecule has 1 aliphatic carbocycles. The number of thioether (sulfide) groups is 1. The first-order chi connectivity index (χ1) is 8.57. The maximum Gasteiger partial charge on any atom is 0.191 e. The van der Waals surface area contributed by atoms with E-state index in [4.69, 9.17) is 10.5 Å². The Kier molecular flexibility index (Phi) is 4.78. The Labute approximate surface area is 114 Å². The molecule has 0 aromatic rings. The summed E-state index contributed by atoms with van der Waals surface area (Å²) in [6.07, 6.45) is 2.65. The zero-order valence-corrected chi connectivity index (χ0v) is 12.3. The molecule has 4 nitrogen and oxygen atoms in total. The topological polar surface area (TPSA) is 50.8 Å². The van der Waals surface area contributed by atoms with E-state index in [1.165, 1.54) is 12.8 Å². The van der Waals surface area contributed by atoms with Crippen LogP contribution in [0.5, 0.6) is 0 Å². The standard InChI is InChI=1S/C13H25N3OS/c1-13(2,17-9-11-3-4-11)10-15-12(14)16-5-7-18-8-6-16/h11H,3-10H2,1-2H3,(H2,14,15). The minimum atomic E-state index is -0.197. The number of rotatable bonds is 5. The van der Waals surface area contributed by atoms with Gasteiger partial charge in [-0.05, 0) is 32.6 Å². The van der Waals surface area contributed by atoms with Crippen LogP contribution >= 0.6 is 11.8 Å². The van der Waals surface area contributed by atoms with Gasteiger partial charge in [0, 0.05) is 24.6 Å². The molecule has 0 aromatic heterocycles. The summed E-state index contributed by atoms with van der Waals surface area (Å²) in [5.41, 5.74) is 5.84. The first-order valence-electron chi connectivity index (χ1n) is 6.83. The van der Waals surface area contributed by atoms with Crippen molar-refractivity contribution in [2.45, 2.75) is 32.3 Å². The van der Waals surface area contributed by atoms with Gasteiger partial charge >= 0.3 is 0 Å². The number of aliphatic imine (C=N–C) groups is 1. The highest BCUT2D eigenvalue weighted by atomic mass is 32.2. The normalized spacial score (nSPS) is 22.3. The van der Waals surface area contributed by atoms with Crippen LogP contribution in [-0.4, -0.2) is 54.2 Å². The van der Waals surface area contributed by atoms with Crippen LogP contribution in [0.3, 0.4) is 0 Å². The van der Waals surface area contributed by atoms with Crippen molar-refractivity contribution in [2.75, 3.05) is 37.7 Å². The Balaban J connectivity index is 1.75. The number of hydrogen-bond donors (Lipinski definition) is 1. The maximum absolute atomic E-state index is 6.04. The van der Waals surface area contributed by atoms with Gasteiger partial charge in [0.1, 0.15) is 0 Å². The molecule has 1 aliphatic heterocycles. The zero-order chi connectivity index (χ0) is 13.0. The molecule has 1 saturated heterocycles. The summed E-state index contributed by atoms with van der Waals surface area (Å²) in [5, 5.41) is 0. The molecule has 0 atom stereocenters. The van der Waals surface area contributed by atoms with Crippen molar-refractivity contribution in [3.63, 3.8) is 0 Å². The summed E-state index contributed by atoms with van der Waals surface area (Å²) in [6, 6.07) is 0. The highest BCUT2D eigenvalue weighted by Gasteiger charge is 2.26. The number of hydrogen-bond acceptors (Lipinski definition) is 3. The van der Waals surface area contributed by atoms with Gasteiger partial charge in [-0.2, -0.15) is 11.8 Å². The fourth-order valence-corrected chi connectivity index (χ4v) is 2.74. The van der Waals surface area contributed by atoms with Crippen LogP contribution in [0.25, 0.3) is 0 Å². The van der Waals surface area contributed by atoms with Crippen LogP contribution in [-0.2, 0) is 4.74 Å². The van der Waals surface area contributed by atoms with Crippen molar-refractivity contribution in [1.82, 2.24) is 4.90 Å². The Morgan fingerprint density at radius 2 is 2.06 bits per heavy atom. The molecular weight excluding hydrogens is 246 g/mol. The number of nitrogens with two attached hydrogens (primary N) is 1. The van der Waals surface area contributed by atoms with E-state index in [9.17, 15) is 0 Å². The molecule has 2 aliphatic rings. The summed E-state index contributed by atoms with van der Waals surface area (Å²) in [5.74, 6) is 3.78. The third-order valence-electron chi connectivity index (χ3n) is 3.36. The zero-order valence-electron chi connectivity index (χ0n) is 11.5. The molecular formula is C13H25N3OS. The summed E-state index contributed by atoms with van der Waals surface area (Å²) >= 11 is 1.98. The fraction of sp³-hybridized carbons (Fsp3) is 0.923. The summed E-state index contributed by atoms with van der Waals surface area (Å²) in [4.78, 5) is 6.68. The molecule has 104 valence electrons. The molecule has 0 spiro atoms. The van der Waals surface area contributed by atoms with E-state index in [2.05, 4.69) is 23.7 Å². The lowest BCUT2D eigenvalue weighted by atomic mass is 10.1. The van der Waals surface area contributed by atoms with Gasteiger partial charge in [-0.25, -0.2) is 0 Å². The summed E-state index contributed by atoms with van der Waals surface area (Å²) in [7, 11) is 0. The van der Waals surface area contributed by atoms with Crippen LogP contribution in [0.2, 0.25) is 0 Å². The Hall–Kier alpha value is -0.420. The largest absolute Gasteiger partial charge is 0.373 e. The van der Waals surface area contributed by atoms with Crippen molar-refractivity contribution in [2.24, 2.45) is 16.6 Å². The second-order valence-electron chi connectivity index (χ2n) is 5.79. The first kappa shape index (κ1) is 14.0. The van der Waals surface area contributed by atoms with Gasteiger partial charge in [0.2, 0.25) is 0 Å². The van der Waals surface area contributed by atoms with E-state index in [0.717, 1.165) is 37.1 Å². The van der Waals surface area contributed by atoms with Gasteiger partial charge in [-0.3, -0.25) is 4.99 Å². The predicted octanol–water partition coefficient (Wildman–Crippen LogP) is 1.56. The number of nitrogens with zero attached hydrogens (tertiary/aromatic N) is 2. The minimum Gasteiger partial charge on any atom is -0.373 e. The van der Waals surface area contributed by atoms with Crippen LogP contribution in [0, 0.1) is 5.92 Å². The molecule has 2 fully saturated rings. The molecule has 0 unspecified atom stereocenters. The molecule has 1 saturated carbocycles. The Bertz CT molecular complexity index is 297. The van der Waals surface area contributed by atoms with Crippen LogP contribution in [0.4, 0.5) is 0 Å². The second-order valence-corrected chi connectivity index (χ2v) is 7.01. The molecule has 0 radical (unpaired) electrons. The van der Waals surface area contributed by atoms with Gasteiger partial charge in [-0.1, -0.05) is 0 Å². The fourth-order valence-electron chi connectivity index (χ4n) is 1.84. The Morgan fingerprint density at radius 3 is 2.67 bits per heavy atom. The first-order valence-corrected chi connectivity index (χ1v) is 7.99. The van der Waals surface area contributed by atoms with Crippen molar-refractivity contribution >= 4 is 17.7 Å². The SMILES string of the molecule is CC(C)(CN=C(N)N1CCSCC1)OCC1CC1. The van der Waals surface area contributed by atoms with Gasteiger partial charge in [-0.15, -0.1) is 0 Å². The average molecular weight is 271 g/mol. The van der Waals surface area contributed by atoms with E-state index in [0.29, 0.717) is 12.5 Å². The quantitative estimate of drug-likeness (QED) is 0.609. The van der Waals surface area contributed by atoms with Crippen LogP contribution < -0.4 is 5.73 Å². The molecule has 0 aromatic carbocycles. The molecule has 18 heavy (non-hydrogen) atoms. The van der Waals surface area contributed by atoms with E-state index in [-0.39, 0.29) is 5.60 Å². The van der Waals surface area contributed by atoms with Gasteiger partial charge in [0.15, 0.2) is 5.96 Å². The summed E-state index contributed by atoms with van der Waals surface area (Å²) in [6.45, 7) is 7.75. The lowest BCUT2D eigenvalue weighted by Crippen LogP contribution is -2.43. The van der Waals surface area contributed by atoms with Crippen LogP contribution in [0.15, 0.2) is 4.99 Å². The molecule has 2 N–H and O–H groups in total. The smallest absolute Gasteiger partial charge is 0.191 e. The van der Waals surface area contributed by atoms with Crippen molar-refractivity contribution in [1.29, 1.82) is 0 Å². The average Bonchev–Trinajstić information content (AvgIpc) is 3.19. The number of ether oxygens (including phenoxy) is 1. The third kappa shape index (κ3) is 4.69. The molecule has 2 rings (SSSR count). The maximum atomic E-state index is 6.04. The predicted molar refractivity (Wildman–Crippen MR) is 78.1 cm³/mol. The Morgan fingerprint density at radius 1 is 1.39 bits per heavy atom. The second kappa shape index (κ2) is 6.15. The third-order valence-corrected chi connectivity index (χ3v) is 4.31. The monoisotopic (exact) mass is 271 g/mol. The van der Waals surface area contributed by atoms with Gasteiger partial charge in [0.05, 0.1) is 18.8 Å².